The van der Waals surface area contributed by atoms with Crippen molar-refractivity contribution >= 4 is 17.2 Å². The van der Waals surface area contributed by atoms with Gasteiger partial charge in [-0.15, -0.1) is 11.3 Å². The molecule has 0 saturated carbocycles. The molecule has 0 aromatic carbocycles. The molecule has 0 radical (unpaired) electrons. The van der Waals surface area contributed by atoms with Gasteiger partial charge in [0.25, 0.3) is 0 Å². The highest BCUT2D eigenvalue weighted by atomic mass is 32.1. The summed E-state index contributed by atoms with van der Waals surface area (Å²) in [6.45, 7) is 4.58. The maximum atomic E-state index is 11.8. The van der Waals surface area contributed by atoms with Crippen LogP contribution in [0, 0.1) is 6.92 Å². The van der Waals surface area contributed by atoms with Crippen LogP contribution in [0.4, 0.5) is 0 Å². The minimum absolute atomic E-state index is 0.0301. The van der Waals surface area contributed by atoms with Crippen LogP contribution in [-0.4, -0.2) is 28.9 Å². The molecule has 0 aliphatic rings. The van der Waals surface area contributed by atoms with E-state index in [1.165, 1.54) is 0 Å². The molecule has 1 heterocycles. The number of amides is 1. The third-order valence-corrected chi connectivity index (χ3v) is 3.53. The molecular formula is C11H19N3OS. The summed E-state index contributed by atoms with van der Waals surface area (Å²) in [4.78, 5) is 18.8. The lowest BCUT2D eigenvalue weighted by molar-refractivity contribution is -0.130. The molecule has 0 saturated heterocycles. The van der Waals surface area contributed by atoms with Crippen molar-refractivity contribution in [2.75, 3.05) is 7.05 Å². The first-order valence-electron chi connectivity index (χ1n) is 5.43. The summed E-state index contributed by atoms with van der Waals surface area (Å²) in [6, 6.07) is -0.0301. The van der Waals surface area contributed by atoms with Crippen molar-refractivity contribution in [1.82, 2.24) is 9.88 Å². The summed E-state index contributed by atoms with van der Waals surface area (Å²) in [5.41, 5.74) is 8.57. The molecule has 0 fully saturated rings. The van der Waals surface area contributed by atoms with E-state index in [-0.39, 0.29) is 11.9 Å². The lowest BCUT2D eigenvalue weighted by Crippen LogP contribution is -2.32. The van der Waals surface area contributed by atoms with Gasteiger partial charge < -0.3 is 10.6 Å². The van der Waals surface area contributed by atoms with E-state index in [0.717, 1.165) is 17.0 Å². The number of nitrogens with two attached hydrogens (primary N) is 1. The molecule has 1 atom stereocenters. The van der Waals surface area contributed by atoms with Crippen molar-refractivity contribution in [2.45, 2.75) is 39.3 Å². The lowest BCUT2D eigenvalue weighted by Gasteiger charge is -2.18. The van der Waals surface area contributed by atoms with Crippen LogP contribution in [0.15, 0.2) is 5.51 Å². The van der Waals surface area contributed by atoms with Crippen LogP contribution in [0.2, 0.25) is 0 Å². The summed E-state index contributed by atoms with van der Waals surface area (Å²) >= 11 is 1.58. The smallest absolute Gasteiger partial charge is 0.224 e. The fourth-order valence-corrected chi connectivity index (χ4v) is 2.14. The van der Waals surface area contributed by atoms with Crippen molar-refractivity contribution in [1.29, 1.82) is 0 Å². The number of hydrogen-bond acceptors (Lipinski definition) is 4. The fraction of sp³-hybridized carbons (Fsp3) is 0.636. The Morgan fingerprint density at radius 3 is 2.88 bits per heavy atom. The normalized spacial score (nSPS) is 12.5. The van der Waals surface area contributed by atoms with Gasteiger partial charge in [0.15, 0.2) is 0 Å². The topological polar surface area (TPSA) is 59.2 Å². The second kappa shape index (κ2) is 5.96. The second-order valence-corrected chi connectivity index (χ2v) is 4.92. The first-order valence-corrected chi connectivity index (χ1v) is 6.31. The molecule has 1 amide bonds. The van der Waals surface area contributed by atoms with Gasteiger partial charge in [-0.3, -0.25) is 4.79 Å². The van der Waals surface area contributed by atoms with Crippen molar-refractivity contribution < 1.29 is 4.79 Å². The van der Waals surface area contributed by atoms with E-state index in [1.54, 1.807) is 21.7 Å². The predicted octanol–water partition coefficient (Wildman–Crippen LogP) is 1.54. The zero-order valence-electron chi connectivity index (χ0n) is 10.1. The molecule has 0 bridgehead atoms. The quantitative estimate of drug-likeness (QED) is 0.850. The van der Waals surface area contributed by atoms with Crippen LogP contribution < -0.4 is 5.73 Å². The molecule has 4 nitrogen and oxygen atoms in total. The first-order chi connectivity index (χ1) is 7.54. The molecule has 0 aliphatic carbocycles. The summed E-state index contributed by atoms with van der Waals surface area (Å²) < 4.78 is 0. The summed E-state index contributed by atoms with van der Waals surface area (Å²) in [7, 11) is 1.81. The Bertz CT molecular complexity index is 351. The molecule has 1 aromatic heterocycles. The standard InChI is InChI=1S/C11H19N3OS/c1-4-9(12)5-11(15)14(3)6-10-8(2)13-7-16-10/h7,9H,4-6,12H2,1-3H3. The van der Waals surface area contributed by atoms with E-state index in [0.29, 0.717) is 13.0 Å². The van der Waals surface area contributed by atoms with Gasteiger partial charge in [-0.2, -0.15) is 0 Å². The van der Waals surface area contributed by atoms with Crippen LogP contribution in [0.3, 0.4) is 0 Å². The summed E-state index contributed by atoms with van der Waals surface area (Å²) in [5.74, 6) is 0.0992. The van der Waals surface area contributed by atoms with Crippen LogP contribution in [0.5, 0.6) is 0 Å². The van der Waals surface area contributed by atoms with E-state index < -0.39 is 0 Å². The number of aromatic nitrogens is 1. The third-order valence-electron chi connectivity index (χ3n) is 2.61. The molecule has 1 rings (SSSR count). The molecule has 5 heteroatoms. The van der Waals surface area contributed by atoms with E-state index in [4.69, 9.17) is 5.73 Å². The number of thiazole rings is 1. The molecule has 1 aromatic rings. The predicted molar refractivity (Wildman–Crippen MR) is 66.2 cm³/mol. The minimum atomic E-state index is -0.0301. The van der Waals surface area contributed by atoms with Gasteiger partial charge in [-0.05, 0) is 13.3 Å². The zero-order chi connectivity index (χ0) is 12.1. The van der Waals surface area contributed by atoms with Crippen LogP contribution >= 0.6 is 11.3 Å². The number of nitrogens with zero attached hydrogens (tertiary/aromatic N) is 2. The van der Waals surface area contributed by atoms with E-state index >= 15 is 0 Å². The fourth-order valence-electron chi connectivity index (χ4n) is 1.31. The summed E-state index contributed by atoms with van der Waals surface area (Å²) in [5, 5.41) is 0. The van der Waals surface area contributed by atoms with Gasteiger partial charge in [0, 0.05) is 24.4 Å². The average molecular weight is 241 g/mol. The Kier molecular flexibility index (Phi) is 4.89. The van der Waals surface area contributed by atoms with Crippen LogP contribution in [0.25, 0.3) is 0 Å². The summed E-state index contributed by atoms with van der Waals surface area (Å²) in [6.07, 6.45) is 1.25. The van der Waals surface area contributed by atoms with Crippen molar-refractivity contribution in [3.8, 4) is 0 Å². The Hall–Kier alpha value is -0.940. The van der Waals surface area contributed by atoms with Crippen LogP contribution in [-0.2, 0) is 11.3 Å². The second-order valence-electron chi connectivity index (χ2n) is 3.98. The minimum Gasteiger partial charge on any atom is -0.340 e. The molecule has 2 N–H and O–H groups in total. The maximum absolute atomic E-state index is 11.8. The lowest BCUT2D eigenvalue weighted by atomic mass is 10.1. The van der Waals surface area contributed by atoms with Crippen molar-refractivity contribution in [3.05, 3.63) is 16.1 Å². The van der Waals surface area contributed by atoms with Gasteiger partial charge in [0.2, 0.25) is 5.91 Å². The highest BCUT2D eigenvalue weighted by molar-refractivity contribution is 7.09. The highest BCUT2D eigenvalue weighted by Crippen LogP contribution is 2.14. The Morgan fingerprint density at radius 2 is 2.38 bits per heavy atom. The van der Waals surface area contributed by atoms with Gasteiger partial charge in [-0.25, -0.2) is 4.98 Å². The number of carbonyl (C=O) groups excluding carboxylic acids is 1. The maximum Gasteiger partial charge on any atom is 0.224 e. The number of rotatable bonds is 5. The first kappa shape index (κ1) is 13.1. The average Bonchev–Trinajstić information content (AvgIpc) is 2.64. The van der Waals surface area contributed by atoms with E-state index in [2.05, 4.69) is 4.98 Å². The molecule has 0 spiro atoms. The Morgan fingerprint density at radius 1 is 1.69 bits per heavy atom. The highest BCUT2D eigenvalue weighted by Gasteiger charge is 2.14. The van der Waals surface area contributed by atoms with E-state index in [9.17, 15) is 4.79 Å². The Labute approximate surface area is 100 Å². The van der Waals surface area contributed by atoms with Gasteiger partial charge in [0.1, 0.15) is 0 Å². The largest absolute Gasteiger partial charge is 0.340 e. The molecule has 90 valence electrons. The SMILES string of the molecule is CCC(N)CC(=O)N(C)Cc1scnc1C. The van der Waals surface area contributed by atoms with E-state index in [1.807, 2.05) is 20.9 Å². The number of carbonyl (C=O) groups is 1. The molecular weight excluding hydrogens is 222 g/mol. The van der Waals surface area contributed by atoms with Crippen LogP contribution in [0.1, 0.15) is 30.3 Å². The zero-order valence-corrected chi connectivity index (χ0v) is 10.9. The molecule has 1 unspecified atom stereocenters. The third kappa shape index (κ3) is 3.57. The monoisotopic (exact) mass is 241 g/mol. The van der Waals surface area contributed by atoms with Crippen molar-refractivity contribution in [3.63, 3.8) is 0 Å². The van der Waals surface area contributed by atoms with Gasteiger partial charge in [-0.1, -0.05) is 6.92 Å². The number of aryl methyl sites for hydroxylation is 1. The van der Waals surface area contributed by atoms with Gasteiger partial charge >= 0.3 is 0 Å². The molecule has 16 heavy (non-hydrogen) atoms. The van der Waals surface area contributed by atoms with Gasteiger partial charge in [0.05, 0.1) is 17.7 Å². The number of hydrogen-bond donors (Lipinski definition) is 1. The molecule has 0 aliphatic heterocycles. The van der Waals surface area contributed by atoms with Crippen molar-refractivity contribution in [2.24, 2.45) is 5.73 Å². The Balaban J connectivity index is 2.49.